The molecule has 0 fully saturated rings. The van der Waals surface area contributed by atoms with Gasteiger partial charge in [0.2, 0.25) is 0 Å². The van der Waals surface area contributed by atoms with E-state index in [4.69, 9.17) is 11.6 Å². The normalized spacial score (nSPS) is 10.7. The molecule has 0 atom stereocenters. The maximum Gasteiger partial charge on any atom is 0.276 e. The number of hydrogen-bond donors (Lipinski definition) is 1. The van der Waals surface area contributed by atoms with Gasteiger partial charge >= 0.3 is 0 Å². The molecule has 20 heavy (non-hydrogen) atoms. The molecule has 0 saturated heterocycles. The van der Waals surface area contributed by atoms with Crippen molar-refractivity contribution < 1.29 is 4.79 Å². The molecule has 100 valence electrons. The summed E-state index contributed by atoms with van der Waals surface area (Å²) in [7, 11) is 0. The number of rotatable bonds is 2. The van der Waals surface area contributed by atoms with E-state index in [2.05, 4.69) is 15.4 Å². The van der Waals surface area contributed by atoms with Crippen molar-refractivity contribution in [1.29, 1.82) is 0 Å². The molecule has 0 aliphatic heterocycles. The third-order valence-corrected chi connectivity index (χ3v) is 2.99. The van der Waals surface area contributed by atoms with Crippen molar-refractivity contribution in [1.82, 2.24) is 14.6 Å². The SMILES string of the molecule is Cc1cn2nc(C(=O)Nc3cccc(Cl)c3)ccc2n1. The van der Waals surface area contributed by atoms with E-state index in [1.165, 1.54) is 0 Å². The second-order valence-corrected chi connectivity index (χ2v) is 4.80. The summed E-state index contributed by atoms with van der Waals surface area (Å²) in [5.41, 5.74) is 2.51. The zero-order chi connectivity index (χ0) is 14.1. The van der Waals surface area contributed by atoms with Crippen LogP contribution in [0.2, 0.25) is 5.02 Å². The third-order valence-electron chi connectivity index (χ3n) is 2.76. The Morgan fingerprint density at radius 1 is 1.30 bits per heavy atom. The van der Waals surface area contributed by atoms with Crippen molar-refractivity contribution in [2.75, 3.05) is 5.32 Å². The van der Waals surface area contributed by atoms with Gasteiger partial charge in [-0.05, 0) is 37.3 Å². The van der Waals surface area contributed by atoms with Crippen LogP contribution in [-0.4, -0.2) is 20.5 Å². The molecular weight excluding hydrogens is 276 g/mol. The minimum atomic E-state index is -0.291. The summed E-state index contributed by atoms with van der Waals surface area (Å²) in [5, 5.41) is 7.54. The average Bonchev–Trinajstić information content (AvgIpc) is 2.77. The first-order valence-electron chi connectivity index (χ1n) is 6.02. The van der Waals surface area contributed by atoms with E-state index in [1.807, 2.05) is 6.92 Å². The Morgan fingerprint density at radius 3 is 2.95 bits per heavy atom. The lowest BCUT2D eigenvalue weighted by atomic mass is 10.3. The zero-order valence-electron chi connectivity index (χ0n) is 10.7. The monoisotopic (exact) mass is 286 g/mol. The Morgan fingerprint density at radius 2 is 2.15 bits per heavy atom. The molecule has 0 aliphatic carbocycles. The number of fused-ring (bicyclic) bond motifs is 1. The molecular formula is C14H11ClN4O. The van der Waals surface area contributed by atoms with E-state index < -0.39 is 0 Å². The summed E-state index contributed by atoms with van der Waals surface area (Å²) in [6, 6.07) is 10.4. The molecule has 0 aliphatic rings. The van der Waals surface area contributed by atoms with Gasteiger partial charge in [-0.3, -0.25) is 4.79 Å². The molecule has 2 heterocycles. The summed E-state index contributed by atoms with van der Waals surface area (Å²) in [5.74, 6) is -0.291. The highest BCUT2D eigenvalue weighted by atomic mass is 35.5. The number of amides is 1. The Balaban J connectivity index is 1.88. The maximum atomic E-state index is 12.1. The van der Waals surface area contributed by atoms with Crippen LogP contribution in [0, 0.1) is 6.92 Å². The van der Waals surface area contributed by atoms with Crippen LogP contribution in [0.1, 0.15) is 16.2 Å². The molecule has 1 amide bonds. The number of benzene rings is 1. The molecule has 0 radical (unpaired) electrons. The smallest absolute Gasteiger partial charge is 0.276 e. The fourth-order valence-corrected chi connectivity index (χ4v) is 2.07. The second-order valence-electron chi connectivity index (χ2n) is 4.37. The number of halogens is 1. The van der Waals surface area contributed by atoms with Gasteiger partial charge in [0.1, 0.15) is 5.69 Å². The van der Waals surface area contributed by atoms with Gasteiger partial charge in [0, 0.05) is 10.7 Å². The summed E-state index contributed by atoms with van der Waals surface area (Å²) < 4.78 is 1.59. The number of hydrogen-bond acceptors (Lipinski definition) is 3. The van der Waals surface area contributed by atoms with Crippen LogP contribution in [0.5, 0.6) is 0 Å². The molecule has 2 aromatic heterocycles. The van der Waals surface area contributed by atoms with Crippen molar-refractivity contribution in [2.45, 2.75) is 6.92 Å². The fourth-order valence-electron chi connectivity index (χ4n) is 1.88. The first-order chi connectivity index (χ1) is 9.61. The topological polar surface area (TPSA) is 59.3 Å². The Hall–Kier alpha value is -2.40. The maximum absolute atomic E-state index is 12.1. The van der Waals surface area contributed by atoms with Gasteiger partial charge in [0.05, 0.1) is 11.9 Å². The number of imidazole rings is 1. The van der Waals surface area contributed by atoms with Gasteiger partial charge in [-0.25, -0.2) is 9.50 Å². The van der Waals surface area contributed by atoms with Gasteiger partial charge in [0.25, 0.3) is 5.91 Å². The largest absolute Gasteiger partial charge is 0.321 e. The Bertz CT molecular complexity index is 797. The first-order valence-corrected chi connectivity index (χ1v) is 6.39. The number of anilines is 1. The van der Waals surface area contributed by atoms with E-state index in [0.717, 1.165) is 5.69 Å². The number of nitrogens with zero attached hydrogens (tertiary/aromatic N) is 3. The van der Waals surface area contributed by atoms with Crippen LogP contribution >= 0.6 is 11.6 Å². The number of carbonyl (C=O) groups is 1. The highest BCUT2D eigenvalue weighted by Gasteiger charge is 2.10. The van der Waals surface area contributed by atoms with Gasteiger partial charge < -0.3 is 5.32 Å². The van der Waals surface area contributed by atoms with Gasteiger partial charge in [-0.15, -0.1) is 0 Å². The zero-order valence-corrected chi connectivity index (χ0v) is 11.4. The Labute approximate surface area is 120 Å². The van der Waals surface area contributed by atoms with Gasteiger partial charge in [-0.2, -0.15) is 5.10 Å². The second kappa shape index (κ2) is 4.94. The number of nitrogens with one attached hydrogen (secondary N) is 1. The lowest BCUT2D eigenvalue weighted by molar-refractivity contribution is 0.102. The molecule has 3 aromatic rings. The molecule has 0 unspecified atom stereocenters. The predicted octanol–water partition coefficient (Wildman–Crippen LogP) is 2.94. The lowest BCUT2D eigenvalue weighted by Crippen LogP contribution is -2.15. The van der Waals surface area contributed by atoms with E-state index >= 15 is 0 Å². The van der Waals surface area contributed by atoms with Crippen LogP contribution in [0.4, 0.5) is 5.69 Å². The van der Waals surface area contributed by atoms with Crippen LogP contribution in [-0.2, 0) is 0 Å². The van der Waals surface area contributed by atoms with Crippen molar-refractivity contribution in [3.8, 4) is 0 Å². The van der Waals surface area contributed by atoms with Gasteiger partial charge in [0.15, 0.2) is 5.65 Å². The number of aromatic nitrogens is 3. The van der Waals surface area contributed by atoms with Crippen LogP contribution in [0.3, 0.4) is 0 Å². The highest BCUT2D eigenvalue weighted by molar-refractivity contribution is 6.30. The molecule has 6 heteroatoms. The van der Waals surface area contributed by atoms with E-state index in [1.54, 1.807) is 47.1 Å². The van der Waals surface area contributed by atoms with E-state index in [-0.39, 0.29) is 5.91 Å². The minimum absolute atomic E-state index is 0.291. The molecule has 1 aromatic carbocycles. The molecule has 3 rings (SSSR count). The molecule has 0 spiro atoms. The standard InChI is InChI=1S/C14H11ClN4O/c1-9-8-19-13(16-9)6-5-12(18-19)14(20)17-11-4-2-3-10(15)7-11/h2-8H,1H3,(H,17,20). The van der Waals surface area contributed by atoms with Gasteiger partial charge in [-0.1, -0.05) is 17.7 Å². The Kier molecular flexibility index (Phi) is 3.12. The van der Waals surface area contributed by atoms with Crippen LogP contribution < -0.4 is 5.32 Å². The molecule has 0 saturated carbocycles. The quantitative estimate of drug-likeness (QED) is 0.788. The van der Waals surface area contributed by atoms with Crippen LogP contribution in [0.15, 0.2) is 42.6 Å². The highest BCUT2D eigenvalue weighted by Crippen LogP contribution is 2.15. The summed E-state index contributed by atoms with van der Waals surface area (Å²) >= 11 is 5.88. The number of carbonyl (C=O) groups excluding carboxylic acids is 1. The molecule has 1 N–H and O–H groups in total. The summed E-state index contributed by atoms with van der Waals surface area (Å²) in [6.45, 7) is 1.88. The lowest BCUT2D eigenvalue weighted by Gasteiger charge is -2.05. The van der Waals surface area contributed by atoms with Crippen LogP contribution in [0.25, 0.3) is 5.65 Å². The average molecular weight is 287 g/mol. The number of aryl methyl sites for hydroxylation is 1. The molecule has 0 bridgehead atoms. The molecule has 5 nitrogen and oxygen atoms in total. The van der Waals surface area contributed by atoms with Crippen molar-refractivity contribution in [3.63, 3.8) is 0 Å². The fraction of sp³-hybridized carbons (Fsp3) is 0.0714. The third kappa shape index (κ3) is 2.48. The van der Waals surface area contributed by atoms with E-state index in [0.29, 0.717) is 22.1 Å². The van der Waals surface area contributed by atoms with Crippen molar-refractivity contribution >= 4 is 28.8 Å². The van der Waals surface area contributed by atoms with Crippen molar-refractivity contribution in [3.05, 3.63) is 59.0 Å². The van der Waals surface area contributed by atoms with E-state index in [9.17, 15) is 4.79 Å². The first kappa shape index (κ1) is 12.6. The predicted molar refractivity (Wildman–Crippen MR) is 77.1 cm³/mol. The summed E-state index contributed by atoms with van der Waals surface area (Å²) in [4.78, 5) is 16.4. The van der Waals surface area contributed by atoms with Crippen molar-refractivity contribution in [2.24, 2.45) is 0 Å². The minimum Gasteiger partial charge on any atom is -0.321 e. The summed E-state index contributed by atoms with van der Waals surface area (Å²) in [6.07, 6.45) is 1.77.